The van der Waals surface area contributed by atoms with Crippen molar-refractivity contribution in [1.29, 1.82) is 0 Å². The molecule has 1 aliphatic carbocycles. The second kappa shape index (κ2) is 4.24. The largest absolute Gasteiger partial charge is 0.335 e. The van der Waals surface area contributed by atoms with Crippen molar-refractivity contribution in [2.45, 2.75) is 44.2 Å². The predicted octanol–water partition coefficient (Wildman–Crippen LogP) is 1.03. The van der Waals surface area contributed by atoms with Crippen LogP contribution in [0.5, 0.6) is 0 Å². The minimum atomic E-state index is 0.177. The first kappa shape index (κ1) is 10.4. The maximum atomic E-state index is 12.0. The summed E-state index contributed by atoms with van der Waals surface area (Å²) in [6.07, 6.45) is 6.06. The molecule has 3 rings (SSSR count). The lowest BCUT2D eigenvalue weighted by atomic mass is 10.2. The molecule has 3 fully saturated rings. The van der Waals surface area contributed by atoms with E-state index in [2.05, 4.69) is 10.2 Å². The van der Waals surface area contributed by atoms with Crippen LogP contribution in [0.25, 0.3) is 0 Å². The number of amides is 2. The molecule has 0 spiro atoms. The molecule has 0 radical (unpaired) electrons. The zero-order chi connectivity index (χ0) is 11.0. The second-order valence-corrected chi connectivity index (χ2v) is 5.36. The lowest BCUT2D eigenvalue weighted by Gasteiger charge is -2.25. The Labute approximate surface area is 97.0 Å². The van der Waals surface area contributed by atoms with Gasteiger partial charge in [-0.15, -0.1) is 0 Å². The van der Waals surface area contributed by atoms with Gasteiger partial charge in [0.05, 0.1) is 0 Å². The average molecular weight is 223 g/mol. The van der Waals surface area contributed by atoms with Crippen molar-refractivity contribution in [3.05, 3.63) is 0 Å². The molecule has 1 atom stereocenters. The zero-order valence-electron chi connectivity index (χ0n) is 9.82. The van der Waals surface area contributed by atoms with Gasteiger partial charge in [-0.25, -0.2) is 4.79 Å². The molecule has 1 N–H and O–H groups in total. The van der Waals surface area contributed by atoms with Gasteiger partial charge in [-0.1, -0.05) is 0 Å². The first-order valence-corrected chi connectivity index (χ1v) is 6.62. The normalized spacial score (nSPS) is 31.0. The molecule has 90 valence electrons. The number of rotatable bonds is 1. The van der Waals surface area contributed by atoms with Gasteiger partial charge in [0.15, 0.2) is 0 Å². The number of carbonyl (C=O) groups is 1. The summed E-state index contributed by atoms with van der Waals surface area (Å²) in [7, 11) is 0. The number of nitrogens with zero attached hydrogens (tertiary/aromatic N) is 2. The maximum Gasteiger partial charge on any atom is 0.317 e. The zero-order valence-corrected chi connectivity index (χ0v) is 9.82. The van der Waals surface area contributed by atoms with Gasteiger partial charge in [-0.05, 0) is 38.6 Å². The summed E-state index contributed by atoms with van der Waals surface area (Å²) in [5.74, 6) is 0. The Bertz CT molecular complexity index is 277. The van der Waals surface area contributed by atoms with Gasteiger partial charge >= 0.3 is 6.03 Å². The van der Waals surface area contributed by atoms with Gasteiger partial charge in [-0.2, -0.15) is 0 Å². The molecule has 3 aliphatic rings. The molecule has 0 aromatic rings. The topological polar surface area (TPSA) is 35.6 Å². The molecular weight excluding hydrogens is 202 g/mol. The Kier molecular flexibility index (Phi) is 2.75. The molecular formula is C12H21N3O. The van der Waals surface area contributed by atoms with Gasteiger partial charge in [0, 0.05) is 31.7 Å². The number of nitrogens with one attached hydrogen (secondary N) is 1. The number of fused-ring (bicyclic) bond motifs is 1. The summed E-state index contributed by atoms with van der Waals surface area (Å²) < 4.78 is 0. The molecule has 2 amide bonds. The quantitative estimate of drug-likeness (QED) is 0.720. The molecule has 2 heterocycles. The van der Waals surface area contributed by atoms with Crippen molar-refractivity contribution in [3.63, 3.8) is 0 Å². The van der Waals surface area contributed by atoms with E-state index in [0.717, 1.165) is 19.5 Å². The maximum absolute atomic E-state index is 12.0. The Morgan fingerprint density at radius 1 is 1.06 bits per heavy atom. The van der Waals surface area contributed by atoms with Gasteiger partial charge in [0.1, 0.15) is 0 Å². The van der Waals surface area contributed by atoms with E-state index in [0.29, 0.717) is 12.1 Å². The average Bonchev–Trinajstić information content (AvgIpc) is 3.02. The number of carbonyl (C=O) groups excluding carboxylic acids is 1. The van der Waals surface area contributed by atoms with E-state index in [9.17, 15) is 4.79 Å². The summed E-state index contributed by atoms with van der Waals surface area (Å²) in [4.78, 5) is 16.6. The third-order valence-corrected chi connectivity index (χ3v) is 4.00. The number of hydrogen-bond donors (Lipinski definition) is 1. The van der Waals surface area contributed by atoms with Crippen LogP contribution in [0, 0.1) is 0 Å². The standard InChI is InChI=1S/C12H21N3O/c16-12(13-10-4-5-10)15-8-2-7-14-6-1-3-11(14)9-15/h10-11H,1-9H2,(H,13,16). The molecule has 16 heavy (non-hydrogen) atoms. The van der Waals surface area contributed by atoms with Crippen molar-refractivity contribution in [3.8, 4) is 0 Å². The highest BCUT2D eigenvalue weighted by Crippen LogP contribution is 2.22. The van der Waals surface area contributed by atoms with E-state index in [4.69, 9.17) is 0 Å². The molecule has 2 saturated heterocycles. The Balaban J connectivity index is 1.59. The monoisotopic (exact) mass is 223 g/mol. The van der Waals surface area contributed by atoms with Crippen LogP contribution in [-0.2, 0) is 0 Å². The first-order valence-electron chi connectivity index (χ1n) is 6.62. The molecule has 0 aromatic carbocycles. The smallest absolute Gasteiger partial charge is 0.317 e. The van der Waals surface area contributed by atoms with Crippen molar-refractivity contribution in [2.24, 2.45) is 0 Å². The van der Waals surface area contributed by atoms with Crippen LogP contribution in [0.3, 0.4) is 0 Å². The SMILES string of the molecule is O=C(NC1CC1)N1CCCN2CCCC2C1. The highest BCUT2D eigenvalue weighted by Gasteiger charge is 2.32. The van der Waals surface area contributed by atoms with Gasteiger partial charge in [-0.3, -0.25) is 4.90 Å². The summed E-state index contributed by atoms with van der Waals surface area (Å²) in [6, 6.07) is 1.29. The van der Waals surface area contributed by atoms with Crippen LogP contribution in [-0.4, -0.2) is 54.1 Å². The summed E-state index contributed by atoms with van der Waals surface area (Å²) in [5.41, 5.74) is 0. The van der Waals surface area contributed by atoms with E-state index in [1.807, 2.05) is 4.90 Å². The molecule has 4 nitrogen and oxygen atoms in total. The fraction of sp³-hybridized carbons (Fsp3) is 0.917. The molecule has 0 bridgehead atoms. The highest BCUT2D eigenvalue weighted by molar-refractivity contribution is 5.75. The molecule has 4 heteroatoms. The fourth-order valence-electron chi connectivity index (χ4n) is 2.88. The van der Waals surface area contributed by atoms with E-state index in [1.54, 1.807) is 0 Å². The summed E-state index contributed by atoms with van der Waals surface area (Å²) in [5, 5.41) is 3.10. The highest BCUT2D eigenvalue weighted by atomic mass is 16.2. The van der Waals surface area contributed by atoms with Crippen molar-refractivity contribution < 1.29 is 4.79 Å². The van der Waals surface area contributed by atoms with Crippen LogP contribution in [0.15, 0.2) is 0 Å². The second-order valence-electron chi connectivity index (χ2n) is 5.36. The van der Waals surface area contributed by atoms with Crippen LogP contribution < -0.4 is 5.32 Å². The Hall–Kier alpha value is -0.770. The van der Waals surface area contributed by atoms with Gasteiger partial charge < -0.3 is 10.2 Å². The summed E-state index contributed by atoms with van der Waals surface area (Å²) in [6.45, 7) is 4.30. The lowest BCUT2D eigenvalue weighted by molar-refractivity contribution is 0.188. The number of urea groups is 1. The lowest BCUT2D eigenvalue weighted by Crippen LogP contribution is -2.45. The van der Waals surface area contributed by atoms with Gasteiger partial charge in [0.25, 0.3) is 0 Å². The summed E-state index contributed by atoms with van der Waals surface area (Å²) >= 11 is 0. The molecule has 2 aliphatic heterocycles. The Morgan fingerprint density at radius 2 is 1.88 bits per heavy atom. The fourth-order valence-corrected chi connectivity index (χ4v) is 2.88. The molecule has 0 aromatic heterocycles. The predicted molar refractivity (Wildman–Crippen MR) is 62.3 cm³/mol. The van der Waals surface area contributed by atoms with Crippen molar-refractivity contribution >= 4 is 6.03 Å². The first-order chi connectivity index (χ1) is 7.83. The molecule has 1 saturated carbocycles. The third kappa shape index (κ3) is 2.17. The van der Waals surface area contributed by atoms with Crippen molar-refractivity contribution in [2.75, 3.05) is 26.2 Å². The minimum absolute atomic E-state index is 0.177. The van der Waals surface area contributed by atoms with Crippen LogP contribution in [0.1, 0.15) is 32.1 Å². The van der Waals surface area contributed by atoms with E-state index in [-0.39, 0.29) is 6.03 Å². The Morgan fingerprint density at radius 3 is 2.69 bits per heavy atom. The van der Waals surface area contributed by atoms with Crippen LogP contribution in [0.2, 0.25) is 0 Å². The van der Waals surface area contributed by atoms with Crippen molar-refractivity contribution in [1.82, 2.24) is 15.1 Å². The minimum Gasteiger partial charge on any atom is -0.335 e. The van der Waals surface area contributed by atoms with Crippen LogP contribution in [0.4, 0.5) is 4.79 Å². The number of hydrogen-bond acceptors (Lipinski definition) is 2. The molecule has 1 unspecified atom stereocenters. The van der Waals surface area contributed by atoms with E-state index in [1.165, 1.54) is 38.8 Å². The van der Waals surface area contributed by atoms with Gasteiger partial charge in [0.2, 0.25) is 0 Å². The third-order valence-electron chi connectivity index (χ3n) is 4.00. The van der Waals surface area contributed by atoms with Crippen LogP contribution >= 0.6 is 0 Å². The van der Waals surface area contributed by atoms with E-state index >= 15 is 0 Å². The van der Waals surface area contributed by atoms with E-state index < -0.39 is 0 Å².